The Balaban J connectivity index is 1.15. The van der Waals surface area contributed by atoms with Crippen LogP contribution >= 0.6 is 0 Å². The SMILES string of the molecule is [C-]#[N+]c1ccc(-c2cc3ccc4cc(-c5ccc(-c6nc7ccccc7n6-c6ccccc6)cc5)cc5c4c3c(c2)n5-c2ccccc2)cc1. The fourth-order valence-electron chi connectivity index (χ4n) is 7.55. The molecule has 0 bridgehead atoms. The van der Waals surface area contributed by atoms with Gasteiger partial charge in [0.2, 0.25) is 0 Å². The third-order valence-corrected chi connectivity index (χ3v) is 9.87. The molecule has 0 amide bonds. The molecular weight excluding hydrogens is 609 g/mol. The summed E-state index contributed by atoms with van der Waals surface area (Å²) < 4.78 is 4.65. The van der Waals surface area contributed by atoms with E-state index in [9.17, 15) is 0 Å². The Morgan fingerprint density at radius 2 is 0.920 bits per heavy atom. The Morgan fingerprint density at radius 3 is 1.50 bits per heavy atom. The van der Waals surface area contributed by atoms with Gasteiger partial charge in [0.05, 0.1) is 28.6 Å². The molecule has 0 fully saturated rings. The van der Waals surface area contributed by atoms with Crippen LogP contribution in [0.1, 0.15) is 0 Å². The lowest BCUT2D eigenvalue weighted by Crippen LogP contribution is -1.97. The van der Waals surface area contributed by atoms with E-state index in [0.717, 1.165) is 50.5 Å². The summed E-state index contributed by atoms with van der Waals surface area (Å²) in [5, 5.41) is 4.96. The van der Waals surface area contributed by atoms with Crippen LogP contribution in [-0.4, -0.2) is 14.1 Å². The van der Waals surface area contributed by atoms with Gasteiger partial charge in [0.25, 0.3) is 0 Å². The van der Waals surface area contributed by atoms with Gasteiger partial charge in [0.1, 0.15) is 5.82 Å². The molecule has 50 heavy (non-hydrogen) atoms. The Labute approximate surface area is 288 Å². The second kappa shape index (κ2) is 11.1. The van der Waals surface area contributed by atoms with Gasteiger partial charge in [-0.15, -0.1) is 0 Å². The zero-order valence-corrected chi connectivity index (χ0v) is 27.0. The molecule has 0 atom stereocenters. The fraction of sp³-hybridized carbons (Fsp3) is 0. The summed E-state index contributed by atoms with van der Waals surface area (Å²) in [6.07, 6.45) is 0. The molecule has 232 valence electrons. The van der Waals surface area contributed by atoms with Crippen LogP contribution in [0.3, 0.4) is 0 Å². The highest BCUT2D eigenvalue weighted by Gasteiger charge is 2.20. The summed E-state index contributed by atoms with van der Waals surface area (Å²) >= 11 is 0. The fourth-order valence-corrected chi connectivity index (χ4v) is 7.55. The molecule has 0 radical (unpaired) electrons. The number of para-hydroxylation sites is 4. The van der Waals surface area contributed by atoms with Crippen molar-refractivity contribution in [3.05, 3.63) is 181 Å². The van der Waals surface area contributed by atoms with Crippen molar-refractivity contribution in [2.24, 2.45) is 0 Å². The Bertz CT molecular complexity index is 2890. The third kappa shape index (κ3) is 4.35. The lowest BCUT2D eigenvalue weighted by molar-refractivity contribution is 1.10. The largest absolute Gasteiger partial charge is 0.309 e. The van der Waals surface area contributed by atoms with Gasteiger partial charge in [-0.1, -0.05) is 109 Å². The molecule has 0 saturated carbocycles. The van der Waals surface area contributed by atoms with Crippen LogP contribution in [0.5, 0.6) is 0 Å². The predicted molar refractivity (Wildman–Crippen MR) is 207 cm³/mol. The molecular formula is C46H28N4. The maximum Gasteiger partial charge on any atom is 0.187 e. The minimum atomic E-state index is 0.648. The van der Waals surface area contributed by atoms with E-state index in [-0.39, 0.29) is 0 Å². The van der Waals surface area contributed by atoms with Crippen molar-refractivity contribution in [2.75, 3.05) is 0 Å². The first kappa shape index (κ1) is 28.1. The van der Waals surface area contributed by atoms with Crippen LogP contribution in [0.15, 0.2) is 170 Å². The molecule has 0 saturated heterocycles. The van der Waals surface area contributed by atoms with Gasteiger partial charge in [0.15, 0.2) is 5.69 Å². The molecule has 4 heteroatoms. The van der Waals surface area contributed by atoms with Crippen LogP contribution in [-0.2, 0) is 0 Å². The number of hydrogen-bond donors (Lipinski definition) is 0. The molecule has 0 aliphatic carbocycles. The van der Waals surface area contributed by atoms with Gasteiger partial charge in [-0.25, -0.2) is 9.83 Å². The van der Waals surface area contributed by atoms with E-state index >= 15 is 0 Å². The zero-order chi connectivity index (χ0) is 33.2. The molecule has 8 aromatic carbocycles. The number of benzene rings is 8. The molecule has 0 aliphatic rings. The van der Waals surface area contributed by atoms with Gasteiger partial charge >= 0.3 is 0 Å². The molecule has 0 unspecified atom stereocenters. The Morgan fingerprint density at radius 1 is 0.420 bits per heavy atom. The van der Waals surface area contributed by atoms with Crippen LogP contribution in [0.2, 0.25) is 0 Å². The maximum atomic E-state index is 7.38. The summed E-state index contributed by atoms with van der Waals surface area (Å²) in [5.74, 6) is 0.925. The van der Waals surface area contributed by atoms with E-state index in [1.165, 1.54) is 38.1 Å². The first-order valence-corrected chi connectivity index (χ1v) is 16.7. The van der Waals surface area contributed by atoms with Crippen LogP contribution in [0.25, 0.3) is 93.5 Å². The molecule has 2 heterocycles. The number of imidazole rings is 1. The molecule has 10 aromatic rings. The summed E-state index contributed by atoms with van der Waals surface area (Å²) in [6.45, 7) is 7.38. The predicted octanol–water partition coefficient (Wildman–Crippen LogP) is 12.3. The van der Waals surface area contributed by atoms with E-state index in [1.807, 2.05) is 36.4 Å². The number of rotatable bonds is 5. The third-order valence-electron chi connectivity index (χ3n) is 9.87. The van der Waals surface area contributed by atoms with Gasteiger partial charge in [0, 0.05) is 27.7 Å². The number of aromatic nitrogens is 3. The number of hydrogen-bond acceptors (Lipinski definition) is 1. The van der Waals surface area contributed by atoms with Crippen molar-refractivity contribution < 1.29 is 0 Å². The molecule has 0 N–H and O–H groups in total. The first-order chi connectivity index (χ1) is 24.7. The summed E-state index contributed by atoms with van der Waals surface area (Å²) in [7, 11) is 0. The lowest BCUT2D eigenvalue weighted by atomic mass is 9.95. The summed E-state index contributed by atoms with van der Waals surface area (Å²) in [5.41, 5.74) is 12.9. The summed E-state index contributed by atoms with van der Waals surface area (Å²) in [6, 6.07) is 59.9. The second-order valence-electron chi connectivity index (χ2n) is 12.8. The highest BCUT2D eigenvalue weighted by molar-refractivity contribution is 6.25. The van der Waals surface area contributed by atoms with Crippen LogP contribution in [0.4, 0.5) is 5.69 Å². The van der Waals surface area contributed by atoms with Gasteiger partial charge in [-0.2, -0.15) is 0 Å². The number of fused-ring (bicyclic) bond motifs is 1. The van der Waals surface area contributed by atoms with E-state index in [0.29, 0.717) is 5.69 Å². The molecule has 0 spiro atoms. The Kier molecular flexibility index (Phi) is 6.21. The topological polar surface area (TPSA) is 27.1 Å². The van der Waals surface area contributed by atoms with Crippen molar-refractivity contribution in [1.29, 1.82) is 0 Å². The lowest BCUT2D eigenvalue weighted by Gasteiger charge is -2.11. The highest BCUT2D eigenvalue weighted by Crippen LogP contribution is 2.43. The molecule has 2 aromatic heterocycles. The van der Waals surface area contributed by atoms with E-state index in [4.69, 9.17) is 11.6 Å². The van der Waals surface area contributed by atoms with Gasteiger partial charge in [-0.05, 0) is 93.7 Å². The normalized spacial score (nSPS) is 11.6. The van der Waals surface area contributed by atoms with E-state index in [1.54, 1.807) is 0 Å². The average molecular weight is 637 g/mol. The molecule has 10 rings (SSSR count). The van der Waals surface area contributed by atoms with Crippen molar-refractivity contribution in [3.8, 4) is 45.0 Å². The monoisotopic (exact) mass is 636 g/mol. The quantitative estimate of drug-likeness (QED) is 0.136. The van der Waals surface area contributed by atoms with Crippen molar-refractivity contribution in [2.45, 2.75) is 0 Å². The standard InChI is InChI=1S/C46H28N4/c1-47-37-24-22-31(23-25-37)36-27-34-21-20-33-26-35(28-42-44(33)45(34)43(29-36)49(42)38-10-4-2-5-11-38)30-16-18-32(19-17-30)46-48-40-14-8-9-15-41(40)50(46)39-12-6-3-7-13-39/h2-29H. The van der Waals surface area contributed by atoms with Crippen molar-refractivity contribution in [1.82, 2.24) is 14.1 Å². The minimum Gasteiger partial charge on any atom is -0.309 e. The van der Waals surface area contributed by atoms with E-state index < -0.39 is 0 Å². The maximum absolute atomic E-state index is 7.38. The first-order valence-electron chi connectivity index (χ1n) is 16.7. The second-order valence-corrected chi connectivity index (χ2v) is 12.8. The molecule has 0 aliphatic heterocycles. The average Bonchev–Trinajstić information content (AvgIpc) is 3.74. The minimum absolute atomic E-state index is 0.648. The smallest absolute Gasteiger partial charge is 0.187 e. The van der Waals surface area contributed by atoms with Gasteiger partial charge in [-0.3, -0.25) is 4.57 Å². The van der Waals surface area contributed by atoms with E-state index in [2.05, 4.69) is 147 Å². The van der Waals surface area contributed by atoms with Crippen molar-refractivity contribution in [3.63, 3.8) is 0 Å². The van der Waals surface area contributed by atoms with Gasteiger partial charge < -0.3 is 4.57 Å². The van der Waals surface area contributed by atoms with Crippen LogP contribution in [0, 0.1) is 6.57 Å². The molecule has 4 nitrogen and oxygen atoms in total. The summed E-state index contributed by atoms with van der Waals surface area (Å²) in [4.78, 5) is 8.67. The van der Waals surface area contributed by atoms with Crippen LogP contribution < -0.4 is 0 Å². The van der Waals surface area contributed by atoms with Crippen molar-refractivity contribution >= 4 is 49.3 Å². The Hall–Kier alpha value is -6.96. The number of nitrogens with zero attached hydrogens (tertiary/aromatic N) is 4. The zero-order valence-electron chi connectivity index (χ0n) is 27.0. The highest BCUT2D eigenvalue weighted by atomic mass is 15.1.